The molecule has 128 valence electrons. The molecule has 2 aromatic heterocycles. The molecule has 0 N–H and O–H groups in total. The van der Waals surface area contributed by atoms with Crippen LogP contribution in [0, 0.1) is 17.1 Å². The number of carbonyl (C=O) groups excluding carboxylic acids is 1. The highest BCUT2D eigenvalue weighted by Crippen LogP contribution is 2.26. The SMILES string of the molecule is CC(C)OC(=O)c1cc2c(ccn2-c2ccc(F)cc2)n1CCC#N. The number of halogens is 1. The minimum atomic E-state index is -0.421. The smallest absolute Gasteiger partial charge is 0.355 e. The highest BCUT2D eigenvalue weighted by Gasteiger charge is 2.20. The molecule has 0 atom stereocenters. The maximum Gasteiger partial charge on any atom is 0.355 e. The molecular formula is C19H18FN3O2. The molecule has 2 heterocycles. The largest absolute Gasteiger partial charge is 0.458 e. The van der Waals surface area contributed by atoms with Gasteiger partial charge in [0, 0.05) is 18.4 Å². The van der Waals surface area contributed by atoms with Crippen LogP contribution in [0.25, 0.3) is 16.7 Å². The summed E-state index contributed by atoms with van der Waals surface area (Å²) >= 11 is 0. The van der Waals surface area contributed by atoms with Gasteiger partial charge in [-0.25, -0.2) is 9.18 Å². The average Bonchev–Trinajstić information content (AvgIpc) is 3.12. The first-order chi connectivity index (χ1) is 12.0. The first kappa shape index (κ1) is 16.8. The maximum atomic E-state index is 13.2. The van der Waals surface area contributed by atoms with Crippen LogP contribution in [0.3, 0.4) is 0 Å². The molecule has 0 amide bonds. The Morgan fingerprint density at radius 1 is 1.24 bits per heavy atom. The number of nitrogens with zero attached hydrogens (tertiary/aromatic N) is 3. The van der Waals surface area contributed by atoms with Crippen LogP contribution in [0.15, 0.2) is 42.6 Å². The number of benzene rings is 1. The van der Waals surface area contributed by atoms with Crippen LogP contribution >= 0.6 is 0 Å². The molecule has 0 aliphatic rings. The lowest BCUT2D eigenvalue weighted by atomic mass is 10.3. The lowest BCUT2D eigenvalue weighted by Gasteiger charge is -2.10. The molecule has 6 heteroatoms. The van der Waals surface area contributed by atoms with Gasteiger partial charge in [-0.3, -0.25) is 0 Å². The predicted octanol–water partition coefficient (Wildman–Crippen LogP) is 4.05. The predicted molar refractivity (Wildman–Crippen MR) is 92.0 cm³/mol. The van der Waals surface area contributed by atoms with Crippen molar-refractivity contribution in [3.8, 4) is 11.8 Å². The third kappa shape index (κ3) is 3.26. The first-order valence-electron chi connectivity index (χ1n) is 8.05. The number of carbonyl (C=O) groups is 1. The van der Waals surface area contributed by atoms with E-state index in [0.29, 0.717) is 12.2 Å². The van der Waals surface area contributed by atoms with Crippen molar-refractivity contribution in [1.82, 2.24) is 9.13 Å². The molecule has 3 rings (SSSR count). The Morgan fingerprint density at radius 3 is 2.60 bits per heavy atom. The maximum absolute atomic E-state index is 13.2. The fourth-order valence-corrected chi connectivity index (χ4v) is 2.82. The van der Waals surface area contributed by atoms with Gasteiger partial charge in [-0.2, -0.15) is 5.26 Å². The van der Waals surface area contributed by atoms with E-state index in [9.17, 15) is 9.18 Å². The van der Waals surface area contributed by atoms with E-state index in [1.54, 1.807) is 36.6 Å². The van der Waals surface area contributed by atoms with E-state index < -0.39 is 5.97 Å². The zero-order valence-corrected chi connectivity index (χ0v) is 14.1. The summed E-state index contributed by atoms with van der Waals surface area (Å²) in [5, 5.41) is 8.90. The van der Waals surface area contributed by atoms with Crippen LogP contribution in [0.5, 0.6) is 0 Å². The number of aromatic nitrogens is 2. The number of hydrogen-bond donors (Lipinski definition) is 0. The van der Waals surface area contributed by atoms with E-state index in [0.717, 1.165) is 16.7 Å². The molecule has 3 aromatic rings. The molecule has 5 nitrogen and oxygen atoms in total. The summed E-state index contributed by atoms with van der Waals surface area (Å²) in [4.78, 5) is 12.4. The van der Waals surface area contributed by atoms with Gasteiger partial charge >= 0.3 is 5.97 Å². The van der Waals surface area contributed by atoms with Crippen molar-refractivity contribution in [3.05, 3.63) is 54.1 Å². The second kappa shape index (κ2) is 6.81. The molecule has 0 aliphatic carbocycles. The molecule has 0 bridgehead atoms. The lowest BCUT2D eigenvalue weighted by Crippen LogP contribution is -2.16. The Kier molecular flexibility index (Phi) is 4.57. The molecule has 1 aromatic carbocycles. The third-order valence-corrected chi connectivity index (χ3v) is 3.86. The molecule has 0 saturated carbocycles. The summed E-state index contributed by atoms with van der Waals surface area (Å²) < 4.78 is 22.2. The monoisotopic (exact) mass is 339 g/mol. The zero-order valence-electron chi connectivity index (χ0n) is 14.1. The van der Waals surface area contributed by atoms with Crippen molar-refractivity contribution >= 4 is 17.0 Å². The topological polar surface area (TPSA) is 59.9 Å². The summed E-state index contributed by atoms with van der Waals surface area (Å²) in [6, 6.07) is 11.9. The van der Waals surface area contributed by atoms with Crippen LogP contribution in [-0.2, 0) is 11.3 Å². The third-order valence-electron chi connectivity index (χ3n) is 3.86. The second-order valence-corrected chi connectivity index (χ2v) is 5.98. The van der Waals surface area contributed by atoms with E-state index in [1.165, 1.54) is 12.1 Å². The van der Waals surface area contributed by atoms with Crippen molar-refractivity contribution in [3.63, 3.8) is 0 Å². The number of fused-ring (bicyclic) bond motifs is 1. The van der Waals surface area contributed by atoms with Crippen molar-refractivity contribution < 1.29 is 13.9 Å². The number of ether oxygens (including phenoxy) is 1. The van der Waals surface area contributed by atoms with Gasteiger partial charge in [0.1, 0.15) is 11.5 Å². The molecule has 0 unspecified atom stereocenters. The van der Waals surface area contributed by atoms with Crippen molar-refractivity contribution in [2.75, 3.05) is 0 Å². The van der Waals surface area contributed by atoms with Gasteiger partial charge in [-0.15, -0.1) is 0 Å². The van der Waals surface area contributed by atoms with E-state index in [-0.39, 0.29) is 18.3 Å². The minimum Gasteiger partial charge on any atom is -0.458 e. The molecule has 25 heavy (non-hydrogen) atoms. The fourth-order valence-electron chi connectivity index (χ4n) is 2.82. The van der Waals surface area contributed by atoms with Crippen molar-refractivity contribution in [2.45, 2.75) is 32.9 Å². The molecule has 0 radical (unpaired) electrons. The van der Waals surface area contributed by atoms with Gasteiger partial charge in [-0.1, -0.05) is 0 Å². The number of nitriles is 1. The Bertz CT molecular complexity index is 946. The standard InChI is InChI=1S/C19H18FN3O2/c1-13(2)25-19(24)18-12-17-16(23(18)10-3-9-21)8-11-22(17)15-6-4-14(20)5-7-15/h4-8,11-13H,3,10H2,1-2H3. The highest BCUT2D eigenvalue weighted by molar-refractivity contribution is 5.95. The Labute approximate surface area is 144 Å². The summed E-state index contributed by atoms with van der Waals surface area (Å²) in [6.45, 7) is 3.98. The van der Waals surface area contributed by atoms with Gasteiger partial charge < -0.3 is 13.9 Å². The summed E-state index contributed by atoms with van der Waals surface area (Å²) in [6.07, 6.45) is 1.91. The van der Waals surface area contributed by atoms with Gasteiger partial charge in [0.2, 0.25) is 0 Å². The van der Waals surface area contributed by atoms with Gasteiger partial charge in [-0.05, 0) is 50.2 Å². The Balaban J connectivity index is 2.11. The second-order valence-electron chi connectivity index (χ2n) is 5.98. The number of hydrogen-bond acceptors (Lipinski definition) is 3. The van der Waals surface area contributed by atoms with Gasteiger partial charge in [0.15, 0.2) is 0 Å². The summed E-state index contributed by atoms with van der Waals surface area (Å²) in [5.41, 5.74) is 2.83. The minimum absolute atomic E-state index is 0.231. The highest BCUT2D eigenvalue weighted by atomic mass is 19.1. The normalized spacial score (nSPS) is 11.0. The van der Waals surface area contributed by atoms with E-state index in [2.05, 4.69) is 6.07 Å². The number of esters is 1. The van der Waals surface area contributed by atoms with Crippen LogP contribution in [0.4, 0.5) is 4.39 Å². The zero-order chi connectivity index (χ0) is 18.0. The fraction of sp³-hybridized carbons (Fsp3) is 0.263. The van der Waals surface area contributed by atoms with E-state index in [1.807, 2.05) is 16.8 Å². The molecule has 0 spiro atoms. The number of aryl methyl sites for hydroxylation is 1. The lowest BCUT2D eigenvalue weighted by molar-refractivity contribution is 0.0366. The molecule has 0 aliphatic heterocycles. The van der Waals surface area contributed by atoms with Crippen LogP contribution < -0.4 is 0 Å². The quantitative estimate of drug-likeness (QED) is 0.659. The van der Waals surface area contributed by atoms with E-state index in [4.69, 9.17) is 10.00 Å². The van der Waals surface area contributed by atoms with Crippen LogP contribution in [-0.4, -0.2) is 21.2 Å². The summed E-state index contributed by atoms with van der Waals surface area (Å²) in [5.74, 6) is -0.727. The average molecular weight is 339 g/mol. The number of rotatable bonds is 5. The van der Waals surface area contributed by atoms with Gasteiger partial charge in [0.25, 0.3) is 0 Å². The van der Waals surface area contributed by atoms with Crippen LogP contribution in [0.1, 0.15) is 30.8 Å². The molecular weight excluding hydrogens is 321 g/mol. The summed E-state index contributed by atoms with van der Waals surface area (Å²) in [7, 11) is 0. The molecule has 0 fully saturated rings. The van der Waals surface area contributed by atoms with E-state index >= 15 is 0 Å². The van der Waals surface area contributed by atoms with Crippen LogP contribution in [0.2, 0.25) is 0 Å². The Morgan fingerprint density at radius 2 is 1.96 bits per heavy atom. The van der Waals surface area contributed by atoms with Crippen molar-refractivity contribution in [2.24, 2.45) is 0 Å². The Hall–Kier alpha value is -3.07. The molecule has 0 saturated heterocycles. The van der Waals surface area contributed by atoms with Crippen molar-refractivity contribution in [1.29, 1.82) is 5.26 Å². The van der Waals surface area contributed by atoms with Gasteiger partial charge in [0.05, 0.1) is 29.6 Å². The first-order valence-corrected chi connectivity index (χ1v) is 8.05.